The third kappa shape index (κ3) is 3.80. The van der Waals surface area contributed by atoms with Crippen molar-refractivity contribution >= 4 is 11.9 Å². The predicted molar refractivity (Wildman–Crippen MR) is 109 cm³/mol. The molecule has 3 atom stereocenters. The second-order valence-corrected chi connectivity index (χ2v) is 8.60. The fourth-order valence-electron chi connectivity index (χ4n) is 5.11. The first-order valence-electron chi connectivity index (χ1n) is 10.5. The number of urea groups is 1. The highest BCUT2D eigenvalue weighted by atomic mass is 16.5. The molecule has 3 heterocycles. The predicted octanol–water partition coefficient (Wildman–Crippen LogP) is 2.23. The number of amides is 3. The fraction of sp³-hybridized carbons (Fsp3) is 0.636. The third-order valence-electron chi connectivity index (χ3n) is 6.63. The largest absolute Gasteiger partial charge is 0.497 e. The van der Waals surface area contributed by atoms with Crippen molar-refractivity contribution in [1.82, 2.24) is 14.7 Å². The van der Waals surface area contributed by atoms with Crippen LogP contribution in [-0.2, 0) is 9.53 Å². The Labute approximate surface area is 172 Å². The summed E-state index contributed by atoms with van der Waals surface area (Å²) in [4.78, 5) is 31.6. The number of rotatable bonds is 3. The number of methoxy groups -OCH3 is 1. The van der Waals surface area contributed by atoms with E-state index in [1.807, 2.05) is 34.1 Å². The summed E-state index contributed by atoms with van der Waals surface area (Å²) in [6.45, 7) is 3.50. The highest BCUT2D eigenvalue weighted by Gasteiger charge is 2.50. The molecule has 3 aliphatic heterocycles. The lowest BCUT2D eigenvalue weighted by Gasteiger charge is -2.33. The SMILES string of the molecule is COc1ccc([C@H]2[C@@H]3CN(C(=O)C4CCOCC4)C[C@@H]3CN2C(=O)N(C)C)cc1. The molecule has 7 nitrogen and oxygen atoms in total. The van der Waals surface area contributed by atoms with Gasteiger partial charge in [-0.25, -0.2) is 4.79 Å². The number of hydrogen-bond acceptors (Lipinski definition) is 4. The van der Waals surface area contributed by atoms with Gasteiger partial charge in [-0.05, 0) is 30.5 Å². The Morgan fingerprint density at radius 3 is 2.38 bits per heavy atom. The van der Waals surface area contributed by atoms with Crippen LogP contribution < -0.4 is 4.74 Å². The Morgan fingerprint density at radius 2 is 1.76 bits per heavy atom. The first-order valence-corrected chi connectivity index (χ1v) is 10.5. The monoisotopic (exact) mass is 401 g/mol. The second-order valence-electron chi connectivity index (χ2n) is 8.60. The summed E-state index contributed by atoms with van der Waals surface area (Å²) in [6.07, 6.45) is 1.63. The lowest BCUT2D eigenvalue weighted by Crippen LogP contribution is -2.43. The van der Waals surface area contributed by atoms with Crippen molar-refractivity contribution < 1.29 is 19.1 Å². The topological polar surface area (TPSA) is 62.3 Å². The molecule has 3 fully saturated rings. The van der Waals surface area contributed by atoms with Crippen molar-refractivity contribution in [2.45, 2.75) is 18.9 Å². The molecule has 7 heteroatoms. The number of carbonyl (C=O) groups is 2. The van der Waals surface area contributed by atoms with E-state index < -0.39 is 0 Å². The number of nitrogens with zero attached hydrogens (tertiary/aromatic N) is 3. The Hall–Kier alpha value is -2.28. The zero-order chi connectivity index (χ0) is 20.5. The maximum atomic E-state index is 13.0. The van der Waals surface area contributed by atoms with Crippen LogP contribution in [0.4, 0.5) is 4.79 Å². The van der Waals surface area contributed by atoms with Gasteiger partial charge in [-0.3, -0.25) is 4.79 Å². The van der Waals surface area contributed by atoms with Gasteiger partial charge in [0.1, 0.15) is 5.75 Å². The Bertz CT molecular complexity index is 745. The summed E-state index contributed by atoms with van der Waals surface area (Å²) in [5.41, 5.74) is 1.11. The Kier molecular flexibility index (Phi) is 5.67. The normalized spacial score (nSPS) is 27.1. The average molecular weight is 402 g/mol. The van der Waals surface area contributed by atoms with E-state index in [-0.39, 0.29) is 29.8 Å². The lowest BCUT2D eigenvalue weighted by atomic mass is 9.89. The molecular formula is C22H31N3O4. The van der Waals surface area contributed by atoms with Gasteiger partial charge in [-0.2, -0.15) is 0 Å². The minimum absolute atomic E-state index is 0.0201. The number of likely N-dealkylation sites (tertiary alicyclic amines) is 2. The Morgan fingerprint density at radius 1 is 1.07 bits per heavy atom. The zero-order valence-electron chi connectivity index (χ0n) is 17.5. The van der Waals surface area contributed by atoms with E-state index in [1.165, 1.54) is 0 Å². The number of benzene rings is 1. The van der Waals surface area contributed by atoms with Crippen LogP contribution in [-0.4, -0.2) is 80.7 Å². The van der Waals surface area contributed by atoms with E-state index in [0.717, 1.165) is 37.2 Å². The quantitative estimate of drug-likeness (QED) is 0.779. The van der Waals surface area contributed by atoms with Crippen molar-refractivity contribution in [2.75, 3.05) is 54.1 Å². The minimum atomic E-state index is -0.0201. The van der Waals surface area contributed by atoms with Gasteiger partial charge in [0.2, 0.25) is 5.91 Å². The molecule has 158 valence electrons. The van der Waals surface area contributed by atoms with E-state index in [0.29, 0.717) is 25.7 Å². The van der Waals surface area contributed by atoms with E-state index in [1.54, 1.807) is 26.1 Å². The van der Waals surface area contributed by atoms with Gasteiger partial charge in [0, 0.05) is 64.7 Å². The van der Waals surface area contributed by atoms with Crippen LogP contribution in [0.25, 0.3) is 0 Å². The van der Waals surface area contributed by atoms with E-state index in [2.05, 4.69) is 0 Å². The highest BCUT2D eigenvalue weighted by molar-refractivity contribution is 5.79. The van der Waals surface area contributed by atoms with Crippen LogP contribution in [0.1, 0.15) is 24.4 Å². The van der Waals surface area contributed by atoms with Crippen LogP contribution in [0.3, 0.4) is 0 Å². The second kappa shape index (κ2) is 8.22. The fourth-order valence-corrected chi connectivity index (χ4v) is 5.11. The highest BCUT2D eigenvalue weighted by Crippen LogP contribution is 2.46. The molecule has 0 aromatic heterocycles. The summed E-state index contributed by atoms with van der Waals surface area (Å²) in [6, 6.07) is 7.99. The summed E-state index contributed by atoms with van der Waals surface area (Å²) in [5, 5.41) is 0. The van der Waals surface area contributed by atoms with Crippen LogP contribution in [0.15, 0.2) is 24.3 Å². The first kappa shape index (κ1) is 20.0. The third-order valence-corrected chi connectivity index (χ3v) is 6.63. The van der Waals surface area contributed by atoms with Crippen molar-refractivity contribution in [3.05, 3.63) is 29.8 Å². The molecule has 29 heavy (non-hydrogen) atoms. The van der Waals surface area contributed by atoms with Gasteiger partial charge in [-0.15, -0.1) is 0 Å². The van der Waals surface area contributed by atoms with Crippen molar-refractivity contribution in [3.8, 4) is 5.75 Å². The molecule has 3 saturated heterocycles. The molecule has 0 spiro atoms. The molecule has 0 unspecified atom stereocenters. The van der Waals surface area contributed by atoms with Gasteiger partial charge in [-0.1, -0.05) is 12.1 Å². The molecule has 0 bridgehead atoms. The summed E-state index contributed by atoms with van der Waals surface area (Å²) < 4.78 is 10.7. The maximum absolute atomic E-state index is 13.0. The van der Waals surface area contributed by atoms with Gasteiger partial charge in [0.15, 0.2) is 0 Å². The lowest BCUT2D eigenvalue weighted by molar-refractivity contribution is -0.137. The molecule has 3 aliphatic rings. The summed E-state index contributed by atoms with van der Waals surface area (Å²) in [5.74, 6) is 1.73. The Balaban J connectivity index is 1.55. The van der Waals surface area contributed by atoms with Crippen molar-refractivity contribution in [1.29, 1.82) is 0 Å². The van der Waals surface area contributed by atoms with Crippen LogP contribution in [0, 0.1) is 17.8 Å². The molecular weight excluding hydrogens is 370 g/mol. The van der Waals surface area contributed by atoms with Gasteiger partial charge in [0.25, 0.3) is 0 Å². The summed E-state index contributed by atoms with van der Waals surface area (Å²) >= 11 is 0. The molecule has 1 aromatic rings. The molecule has 0 N–H and O–H groups in total. The van der Waals surface area contributed by atoms with Gasteiger partial charge < -0.3 is 24.2 Å². The molecule has 1 aromatic carbocycles. The van der Waals surface area contributed by atoms with Crippen molar-refractivity contribution in [3.63, 3.8) is 0 Å². The van der Waals surface area contributed by atoms with Gasteiger partial charge >= 0.3 is 6.03 Å². The number of carbonyl (C=O) groups excluding carboxylic acids is 2. The standard InChI is InChI=1S/C22H31N3O4/c1-23(2)22(27)25-13-17-12-24(21(26)16-8-10-29-11-9-16)14-19(17)20(25)15-4-6-18(28-3)7-5-15/h4-7,16-17,19-20H,8-14H2,1-3H3/t17-,19-,20+/m1/s1. The first-order chi connectivity index (χ1) is 14.0. The van der Waals surface area contributed by atoms with E-state index >= 15 is 0 Å². The zero-order valence-corrected chi connectivity index (χ0v) is 17.5. The number of ether oxygens (including phenoxy) is 2. The van der Waals surface area contributed by atoms with Crippen LogP contribution in [0.2, 0.25) is 0 Å². The van der Waals surface area contributed by atoms with Crippen LogP contribution >= 0.6 is 0 Å². The van der Waals surface area contributed by atoms with Gasteiger partial charge in [0.05, 0.1) is 13.2 Å². The maximum Gasteiger partial charge on any atom is 0.320 e. The molecule has 0 aliphatic carbocycles. The van der Waals surface area contributed by atoms with E-state index in [9.17, 15) is 9.59 Å². The molecule has 0 radical (unpaired) electrons. The number of fused-ring (bicyclic) bond motifs is 1. The van der Waals surface area contributed by atoms with Crippen molar-refractivity contribution in [2.24, 2.45) is 17.8 Å². The molecule has 4 rings (SSSR count). The minimum Gasteiger partial charge on any atom is -0.497 e. The molecule has 0 saturated carbocycles. The van der Waals surface area contributed by atoms with E-state index in [4.69, 9.17) is 9.47 Å². The number of hydrogen-bond donors (Lipinski definition) is 0. The smallest absolute Gasteiger partial charge is 0.320 e. The molecule has 3 amide bonds. The average Bonchev–Trinajstić information content (AvgIpc) is 3.31. The van der Waals surface area contributed by atoms with Crippen LogP contribution in [0.5, 0.6) is 5.75 Å². The summed E-state index contributed by atoms with van der Waals surface area (Å²) in [7, 11) is 5.24.